The Morgan fingerprint density at radius 1 is 1.27 bits per heavy atom. The van der Waals surface area contributed by atoms with Gasteiger partial charge in [0.25, 0.3) is 0 Å². The number of ketones is 1. The summed E-state index contributed by atoms with van der Waals surface area (Å²) in [6.07, 6.45) is -0.103. The molecule has 0 aliphatic heterocycles. The second kappa shape index (κ2) is 10.3. The fraction of sp³-hybridized carbons (Fsp3) is 0.667. The van der Waals surface area contributed by atoms with Crippen molar-refractivity contribution in [2.24, 2.45) is 0 Å². The van der Waals surface area contributed by atoms with Crippen molar-refractivity contribution in [2.45, 2.75) is 20.3 Å². The third-order valence-corrected chi connectivity index (χ3v) is 0.699. The van der Waals surface area contributed by atoms with Gasteiger partial charge in [0.15, 0.2) is 0 Å². The fourth-order valence-electron chi connectivity index (χ4n) is 0.415. The van der Waals surface area contributed by atoms with Crippen LogP contribution in [0.3, 0.4) is 0 Å². The number of esters is 1. The number of rotatable bonds is 3. The average Bonchev–Trinajstić information content (AvgIpc) is 1.80. The quantitative estimate of drug-likeness (QED) is 0.231. The van der Waals surface area contributed by atoms with Gasteiger partial charge in [-0.05, 0) is 13.8 Å². The van der Waals surface area contributed by atoms with Gasteiger partial charge in [-0.3, -0.25) is 9.59 Å². The molecule has 0 aromatic heterocycles. The van der Waals surface area contributed by atoms with E-state index in [1.807, 2.05) is 0 Å². The van der Waals surface area contributed by atoms with Crippen molar-refractivity contribution >= 4 is 36.9 Å². The molecule has 0 saturated carbocycles. The normalized spacial score (nSPS) is 9.13. The third-order valence-electron chi connectivity index (χ3n) is 0.699. The van der Waals surface area contributed by atoms with Gasteiger partial charge in [-0.15, -0.1) is 0 Å². The van der Waals surface area contributed by atoms with Gasteiger partial charge in [0.1, 0.15) is 12.2 Å². The summed E-state index contributed by atoms with van der Waals surface area (Å²) in [6.45, 7) is 3.40. The molecular formula is C6H10AlO7P. The largest absolute Gasteiger partial charge is 3.00 e. The number of carbonyl (C=O) groups is 2. The molecule has 0 aliphatic rings. The van der Waals surface area contributed by atoms with Crippen LogP contribution in [-0.4, -0.2) is 35.7 Å². The van der Waals surface area contributed by atoms with Crippen LogP contribution in [0.2, 0.25) is 0 Å². The van der Waals surface area contributed by atoms with Crippen molar-refractivity contribution in [2.75, 3.05) is 6.61 Å². The molecule has 0 heterocycles. The van der Waals surface area contributed by atoms with Gasteiger partial charge in [0.2, 0.25) is 0 Å². The molecule has 0 aromatic rings. The van der Waals surface area contributed by atoms with E-state index < -0.39 is 13.8 Å². The summed E-state index contributed by atoms with van der Waals surface area (Å²) in [5, 5.41) is 0. The summed E-state index contributed by atoms with van der Waals surface area (Å²) in [5.74, 6) is -0.599. The van der Waals surface area contributed by atoms with Gasteiger partial charge in [0, 0.05) is 0 Å². The van der Waals surface area contributed by atoms with E-state index in [0.29, 0.717) is 6.61 Å². The maximum Gasteiger partial charge on any atom is 3.00 e. The van der Waals surface area contributed by atoms with E-state index in [-0.39, 0.29) is 29.6 Å². The van der Waals surface area contributed by atoms with Crippen LogP contribution in [-0.2, 0) is 18.9 Å². The number of hydrogen-bond donors (Lipinski definition) is 0. The number of carbonyl (C=O) groups excluding carboxylic acids is 2. The molecule has 0 unspecified atom stereocenters. The average molecular weight is 252 g/mol. The zero-order valence-electron chi connectivity index (χ0n) is 8.30. The van der Waals surface area contributed by atoms with E-state index in [0.717, 1.165) is 0 Å². The SMILES string of the molecule is CCOC(=O)CC(C)=O.O=P([O-])([O-])[O-].[Al+3]. The first-order valence-corrected chi connectivity index (χ1v) is 5.01. The molecule has 84 valence electrons. The van der Waals surface area contributed by atoms with Crippen molar-refractivity contribution in [3.63, 3.8) is 0 Å². The molecule has 0 saturated heterocycles. The van der Waals surface area contributed by atoms with Crippen LogP contribution >= 0.6 is 7.82 Å². The summed E-state index contributed by atoms with van der Waals surface area (Å²) >= 11 is 0. The molecular weight excluding hydrogens is 242 g/mol. The summed E-state index contributed by atoms with van der Waals surface area (Å²) < 4.78 is 13.0. The second-order valence-corrected chi connectivity index (χ2v) is 3.03. The van der Waals surface area contributed by atoms with Gasteiger partial charge in [-0.25, -0.2) is 0 Å². The van der Waals surface area contributed by atoms with E-state index in [4.69, 9.17) is 19.2 Å². The van der Waals surface area contributed by atoms with Crippen molar-refractivity contribution in [3.05, 3.63) is 0 Å². The molecule has 7 nitrogen and oxygen atoms in total. The summed E-state index contributed by atoms with van der Waals surface area (Å²) in [4.78, 5) is 46.3. The van der Waals surface area contributed by atoms with E-state index >= 15 is 0 Å². The van der Waals surface area contributed by atoms with Crippen LogP contribution < -0.4 is 14.7 Å². The van der Waals surface area contributed by atoms with Crippen LogP contribution in [0, 0.1) is 0 Å². The topological polar surface area (TPSA) is 130 Å². The maximum atomic E-state index is 10.4. The first kappa shape index (κ1) is 20.2. The standard InChI is InChI=1S/C6H10O3.Al.H3O4P/c1-3-9-6(8)4-5(2)7;;1-5(2,3)4/h3-4H2,1-2H3;;(H3,1,2,3,4)/q;+3;/p-3. The molecule has 0 bridgehead atoms. The molecule has 0 amide bonds. The van der Waals surface area contributed by atoms with E-state index in [1.54, 1.807) is 6.92 Å². The molecule has 0 radical (unpaired) electrons. The summed E-state index contributed by atoms with van der Waals surface area (Å²) in [5.41, 5.74) is 0. The predicted octanol–water partition coefficient (Wildman–Crippen LogP) is -2.68. The van der Waals surface area contributed by atoms with Crippen molar-refractivity contribution in [3.8, 4) is 0 Å². The Balaban J connectivity index is -0.000000208. The molecule has 0 atom stereocenters. The molecule has 0 aromatic carbocycles. The molecule has 9 heteroatoms. The molecule has 0 rings (SSSR count). The summed E-state index contributed by atoms with van der Waals surface area (Å²) in [7, 11) is -5.39. The van der Waals surface area contributed by atoms with E-state index in [2.05, 4.69) is 4.74 Å². The Morgan fingerprint density at radius 2 is 1.60 bits per heavy atom. The van der Waals surface area contributed by atoms with Gasteiger partial charge >= 0.3 is 23.3 Å². The van der Waals surface area contributed by atoms with Gasteiger partial charge < -0.3 is 24.0 Å². The first-order valence-electron chi connectivity index (χ1n) is 3.55. The van der Waals surface area contributed by atoms with Crippen LogP contribution in [0.25, 0.3) is 0 Å². The van der Waals surface area contributed by atoms with E-state index in [1.165, 1.54) is 6.92 Å². The zero-order valence-corrected chi connectivity index (χ0v) is 10.3. The predicted molar refractivity (Wildman–Crippen MR) is 45.3 cm³/mol. The van der Waals surface area contributed by atoms with Crippen LogP contribution in [0.15, 0.2) is 0 Å². The Kier molecular flexibility index (Phi) is 13.9. The molecule has 15 heavy (non-hydrogen) atoms. The Morgan fingerprint density at radius 3 is 1.80 bits per heavy atom. The number of hydrogen-bond acceptors (Lipinski definition) is 7. The Hall–Kier alpha value is -0.218. The number of Topliss-reactive ketones (excluding diaryl/α,β-unsaturated/α-hetero) is 1. The monoisotopic (exact) mass is 252 g/mol. The minimum absolute atomic E-state index is 0. The van der Waals surface area contributed by atoms with E-state index in [9.17, 15) is 9.59 Å². The van der Waals surface area contributed by atoms with Crippen molar-refractivity contribution in [1.82, 2.24) is 0 Å². The van der Waals surface area contributed by atoms with Gasteiger partial charge in [-0.1, -0.05) is 0 Å². The van der Waals surface area contributed by atoms with Gasteiger partial charge in [0.05, 0.1) is 6.61 Å². The Bertz CT molecular complexity index is 227. The van der Waals surface area contributed by atoms with Gasteiger partial charge in [-0.2, -0.15) is 7.82 Å². The molecule has 0 fully saturated rings. The van der Waals surface area contributed by atoms with Crippen molar-refractivity contribution in [1.29, 1.82) is 0 Å². The molecule has 0 N–H and O–H groups in total. The fourth-order valence-corrected chi connectivity index (χ4v) is 0.415. The minimum atomic E-state index is -5.39. The Labute approximate surface area is 97.8 Å². The molecule has 0 spiro atoms. The maximum absolute atomic E-state index is 10.4. The number of phosphoric acid groups is 1. The smallest absolute Gasteiger partial charge is 0.822 e. The number of ether oxygens (including phenoxy) is 1. The zero-order chi connectivity index (χ0) is 11.8. The first-order chi connectivity index (χ1) is 6.16. The van der Waals surface area contributed by atoms with Crippen LogP contribution in [0.4, 0.5) is 0 Å². The van der Waals surface area contributed by atoms with Crippen LogP contribution in [0.5, 0.6) is 0 Å². The second-order valence-electron chi connectivity index (χ2n) is 2.13. The third kappa shape index (κ3) is 41.6. The minimum Gasteiger partial charge on any atom is -0.822 e. The molecule has 0 aliphatic carbocycles. The van der Waals surface area contributed by atoms with Crippen LogP contribution in [0.1, 0.15) is 20.3 Å². The summed E-state index contributed by atoms with van der Waals surface area (Å²) in [6, 6.07) is 0. The van der Waals surface area contributed by atoms with Crippen molar-refractivity contribution < 1.29 is 33.6 Å².